The van der Waals surface area contributed by atoms with Gasteiger partial charge in [0.1, 0.15) is 29.2 Å². The van der Waals surface area contributed by atoms with Gasteiger partial charge in [-0.2, -0.15) is 0 Å². The molecule has 0 aliphatic carbocycles. The van der Waals surface area contributed by atoms with Crippen molar-refractivity contribution < 1.29 is 27.8 Å². The number of ether oxygens (including phenoxy) is 2. The van der Waals surface area contributed by atoms with Crippen LogP contribution >= 0.6 is 0 Å². The lowest BCUT2D eigenvalue weighted by Gasteiger charge is -2.22. The lowest BCUT2D eigenvalue weighted by atomic mass is 10.0. The summed E-state index contributed by atoms with van der Waals surface area (Å²) < 4.78 is 37.1. The highest BCUT2D eigenvalue weighted by Crippen LogP contribution is 2.23. The van der Waals surface area contributed by atoms with Crippen molar-refractivity contribution >= 4 is 17.5 Å². The first kappa shape index (κ1) is 21.1. The molecule has 2 aromatic carbocycles. The fraction of sp³-hybridized carbons (Fsp3) is 0.300. The molecule has 2 amide bonds. The van der Waals surface area contributed by atoms with Gasteiger partial charge in [-0.1, -0.05) is 13.8 Å². The SMILES string of the molecule is COc1cc(OC)cc(C(=O)N[C@H](C(=O)Nc2ccc(F)cc2F)C(C)C)c1. The number of benzene rings is 2. The zero-order chi connectivity index (χ0) is 20.8. The van der Waals surface area contributed by atoms with Crippen LogP contribution < -0.4 is 20.1 Å². The number of rotatable bonds is 7. The van der Waals surface area contributed by atoms with Gasteiger partial charge in [-0.3, -0.25) is 9.59 Å². The highest BCUT2D eigenvalue weighted by molar-refractivity contribution is 6.01. The maximum Gasteiger partial charge on any atom is 0.252 e. The van der Waals surface area contributed by atoms with E-state index in [0.717, 1.165) is 12.1 Å². The molecule has 0 unspecified atom stereocenters. The van der Waals surface area contributed by atoms with Crippen LogP contribution in [0.15, 0.2) is 36.4 Å². The smallest absolute Gasteiger partial charge is 0.252 e. The molecule has 0 bridgehead atoms. The third-order valence-electron chi connectivity index (χ3n) is 4.04. The van der Waals surface area contributed by atoms with Gasteiger partial charge in [-0.25, -0.2) is 8.78 Å². The van der Waals surface area contributed by atoms with Gasteiger partial charge in [0.05, 0.1) is 19.9 Å². The van der Waals surface area contributed by atoms with Crippen LogP contribution in [0, 0.1) is 17.6 Å². The topological polar surface area (TPSA) is 76.7 Å². The Morgan fingerprint density at radius 2 is 1.57 bits per heavy atom. The van der Waals surface area contributed by atoms with Gasteiger partial charge in [-0.15, -0.1) is 0 Å². The highest BCUT2D eigenvalue weighted by Gasteiger charge is 2.26. The average molecular weight is 392 g/mol. The number of hydrogen-bond donors (Lipinski definition) is 2. The van der Waals surface area contributed by atoms with Crippen LogP contribution in [0.5, 0.6) is 11.5 Å². The van der Waals surface area contributed by atoms with Crippen molar-refractivity contribution in [3.05, 3.63) is 53.6 Å². The van der Waals surface area contributed by atoms with Crippen molar-refractivity contribution in [1.29, 1.82) is 0 Å². The quantitative estimate of drug-likeness (QED) is 0.758. The van der Waals surface area contributed by atoms with Gasteiger partial charge in [0.25, 0.3) is 5.91 Å². The van der Waals surface area contributed by atoms with Crippen molar-refractivity contribution in [2.75, 3.05) is 19.5 Å². The molecule has 2 aromatic rings. The van der Waals surface area contributed by atoms with Gasteiger partial charge in [0, 0.05) is 17.7 Å². The number of nitrogens with one attached hydrogen (secondary N) is 2. The number of anilines is 1. The van der Waals surface area contributed by atoms with Crippen LogP contribution in [0.2, 0.25) is 0 Å². The molecule has 2 N–H and O–H groups in total. The van der Waals surface area contributed by atoms with Crippen LogP contribution in [0.3, 0.4) is 0 Å². The zero-order valence-corrected chi connectivity index (χ0v) is 16.0. The Bertz CT molecular complexity index is 849. The number of methoxy groups -OCH3 is 2. The molecule has 0 aromatic heterocycles. The molecule has 0 fully saturated rings. The first-order valence-corrected chi connectivity index (χ1v) is 8.55. The second-order valence-corrected chi connectivity index (χ2v) is 6.41. The predicted octanol–water partition coefficient (Wildman–Crippen LogP) is 3.38. The Balaban J connectivity index is 2.20. The normalized spacial score (nSPS) is 11.7. The summed E-state index contributed by atoms with van der Waals surface area (Å²) in [6, 6.07) is 6.49. The third-order valence-corrected chi connectivity index (χ3v) is 4.04. The summed E-state index contributed by atoms with van der Waals surface area (Å²) in [5, 5.41) is 5.00. The largest absolute Gasteiger partial charge is 0.497 e. The van der Waals surface area contributed by atoms with Crippen LogP contribution in [0.4, 0.5) is 14.5 Å². The minimum Gasteiger partial charge on any atom is -0.497 e. The first-order valence-electron chi connectivity index (χ1n) is 8.55. The molecule has 0 heterocycles. The summed E-state index contributed by atoms with van der Waals surface area (Å²) in [6.07, 6.45) is 0. The molecule has 150 valence electrons. The second kappa shape index (κ2) is 9.16. The van der Waals surface area contributed by atoms with E-state index in [1.807, 2.05) is 0 Å². The maximum atomic E-state index is 13.8. The summed E-state index contributed by atoms with van der Waals surface area (Å²) in [4.78, 5) is 25.2. The molecule has 28 heavy (non-hydrogen) atoms. The van der Waals surface area contributed by atoms with E-state index < -0.39 is 29.5 Å². The molecule has 6 nitrogen and oxygen atoms in total. The molecule has 0 saturated carbocycles. The first-order chi connectivity index (χ1) is 13.2. The number of carbonyl (C=O) groups is 2. The Kier molecular flexibility index (Phi) is 6.92. The third kappa shape index (κ3) is 5.18. The number of halogens is 2. The lowest BCUT2D eigenvalue weighted by molar-refractivity contribution is -0.118. The Hall–Kier alpha value is -3.16. The van der Waals surface area contributed by atoms with E-state index in [0.29, 0.717) is 17.6 Å². The Morgan fingerprint density at radius 3 is 2.07 bits per heavy atom. The van der Waals surface area contributed by atoms with E-state index in [1.165, 1.54) is 26.4 Å². The average Bonchev–Trinajstić information content (AvgIpc) is 2.67. The van der Waals surface area contributed by atoms with E-state index in [4.69, 9.17) is 9.47 Å². The van der Waals surface area contributed by atoms with Gasteiger partial charge in [-0.05, 0) is 30.2 Å². The van der Waals surface area contributed by atoms with Crippen molar-refractivity contribution in [3.8, 4) is 11.5 Å². The van der Waals surface area contributed by atoms with Crippen LogP contribution in [0.1, 0.15) is 24.2 Å². The van der Waals surface area contributed by atoms with Gasteiger partial charge in [0.2, 0.25) is 5.91 Å². The Morgan fingerprint density at radius 1 is 0.964 bits per heavy atom. The summed E-state index contributed by atoms with van der Waals surface area (Å²) in [7, 11) is 2.91. The molecule has 0 aliphatic rings. The van der Waals surface area contributed by atoms with Crippen molar-refractivity contribution in [3.63, 3.8) is 0 Å². The zero-order valence-electron chi connectivity index (χ0n) is 16.0. The standard InChI is InChI=1S/C20H22F2N2O4/c1-11(2)18(20(26)23-17-6-5-13(21)9-16(17)22)24-19(25)12-7-14(27-3)10-15(8-12)28-4/h5-11,18H,1-4H3,(H,23,26)(H,24,25)/t18-/m0/s1. The van der Waals surface area contributed by atoms with E-state index in [9.17, 15) is 18.4 Å². The van der Waals surface area contributed by atoms with Gasteiger partial charge < -0.3 is 20.1 Å². The highest BCUT2D eigenvalue weighted by atomic mass is 19.1. The molecule has 2 rings (SSSR count). The van der Waals surface area contributed by atoms with Crippen molar-refractivity contribution in [1.82, 2.24) is 5.32 Å². The van der Waals surface area contributed by atoms with Crippen LogP contribution in [0.25, 0.3) is 0 Å². The summed E-state index contributed by atoms with van der Waals surface area (Å²) in [5.41, 5.74) is 0.0666. The predicted molar refractivity (Wildman–Crippen MR) is 101 cm³/mol. The summed E-state index contributed by atoms with van der Waals surface area (Å²) in [5.74, 6) is -2.25. The van der Waals surface area contributed by atoms with E-state index >= 15 is 0 Å². The van der Waals surface area contributed by atoms with Gasteiger partial charge >= 0.3 is 0 Å². The van der Waals surface area contributed by atoms with Crippen molar-refractivity contribution in [2.45, 2.75) is 19.9 Å². The molecule has 0 spiro atoms. The fourth-order valence-electron chi connectivity index (χ4n) is 2.50. The lowest BCUT2D eigenvalue weighted by Crippen LogP contribution is -2.47. The van der Waals surface area contributed by atoms with Gasteiger partial charge in [0.15, 0.2) is 0 Å². The van der Waals surface area contributed by atoms with E-state index in [-0.39, 0.29) is 17.2 Å². The summed E-state index contributed by atoms with van der Waals surface area (Å²) >= 11 is 0. The molecule has 0 aliphatic heterocycles. The van der Waals surface area contributed by atoms with Crippen molar-refractivity contribution in [2.24, 2.45) is 5.92 Å². The molecule has 0 saturated heterocycles. The molecule has 8 heteroatoms. The number of carbonyl (C=O) groups excluding carboxylic acids is 2. The van der Waals surface area contributed by atoms with E-state index in [2.05, 4.69) is 10.6 Å². The molecule has 0 radical (unpaired) electrons. The number of amides is 2. The minimum atomic E-state index is -0.950. The van der Waals surface area contributed by atoms with Crippen LogP contribution in [-0.4, -0.2) is 32.1 Å². The summed E-state index contributed by atoms with van der Waals surface area (Å²) in [6.45, 7) is 3.47. The Labute approximate surface area is 161 Å². The monoisotopic (exact) mass is 392 g/mol. The molecule has 1 atom stereocenters. The molecular formula is C20H22F2N2O4. The molecular weight excluding hydrogens is 370 g/mol. The maximum absolute atomic E-state index is 13.8. The van der Waals surface area contributed by atoms with Crippen LogP contribution in [-0.2, 0) is 4.79 Å². The number of hydrogen-bond acceptors (Lipinski definition) is 4. The minimum absolute atomic E-state index is 0.172. The fourth-order valence-corrected chi connectivity index (χ4v) is 2.50. The second-order valence-electron chi connectivity index (χ2n) is 6.41. The van der Waals surface area contributed by atoms with E-state index in [1.54, 1.807) is 19.9 Å².